The van der Waals surface area contributed by atoms with Crippen LogP contribution in [-0.2, 0) is 0 Å². The number of furan rings is 1. The zero-order valence-electron chi connectivity index (χ0n) is 11.8. The summed E-state index contributed by atoms with van der Waals surface area (Å²) in [5, 5.41) is 11.6. The molecule has 2 N–H and O–H groups in total. The largest absolute Gasteiger partial charge is 0.451 e. The molecular formula is C16H18FNO3. The van der Waals surface area contributed by atoms with Crippen LogP contribution in [0, 0.1) is 5.82 Å². The molecule has 5 heteroatoms. The lowest BCUT2D eigenvalue weighted by Crippen LogP contribution is -2.32. The first kappa shape index (κ1) is 15.3. The summed E-state index contributed by atoms with van der Waals surface area (Å²) in [5.74, 6) is 0.114. The summed E-state index contributed by atoms with van der Waals surface area (Å²) >= 11 is 0. The number of aliphatic hydroxyl groups is 1. The Bertz CT molecular complexity index is 592. The van der Waals surface area contributed by atoms with Gasteiger partial charge in [-0.05, 0) is 56.2 Å². The molecule has 4 nitrogen and oxygen atoms in total. The van der Waals surface area contributed by atoms with E-state index in [2.05, 4.69) is 5.32 Å². The number of nitrogens with one attached hydrogen (secondary N) is 1. The lowest BCUT2D eigenvalue weighted by Gasteiger charge is -2.11. The normalized spacial score (nSPS) is 12.1. The van der Waals surface area contributed by atoms with Crippen molar-refractivity contribution in [2.24, 2.45) is 0 Å². The number of carbonyl (C=O) groups is 1. The van der Waals surface area contributed by atoms with E-state index in [1.54, 1.807) is 24.3 Å². The highest BCUT2D eigenvalue weighted by Crippen LogP contribution is 2.22. The number of hydrogen-bond acceptors (Lipinski definition) is 3. The molecule has 21 heavy (non-hydrogen) atoms. The van der Waals surface area contributed by atoms with Crippen LogP contribution in [0.5, 0.6) is 0 Å². The van der Waals surface area contributed by atoms with Crippen molar-refractivity contribution in [2.45, 2.75) is 25.8 Å². The van der Waals surface area contributed by atoms with Crippen LogP contribution >= 0.6 is 0 Å². The smallest absolute Gasteiger partial charge is 0.287 e. The fourth-order valence-corrected chi connectivity index (χ4v) is 1.99. The highest BCUT2D eigenvalue weighted by molar-refractivity contribution is 5.92. The van der Waals surface area contributed by atoms with Gasteiger partial charge in [0.15, 0.2) is 5.76 Å². The second kappa shape index (κ2) is 7.04. The highest BCUT2D eigenvalue weighted by Gasteiger charge is 2.14. The minimum atomic E-state index is -0.319. The fraction of sp³-hybridized carbons (Fsp3) is 0.312. The van der Waals surface area contributed by atoms with E-state index in [1.807, 2.05) is 6.92 Å². The molecule has 1 atom stereocenters. The van der Waals surface area contributed by atoms with Gasteiger partial charge in [0.05, 0.1) is 0 Å². The third kappa shape index (κ3) is 4.16. The SMILES string of the molecule is CC(CCCO)NC(=O)c1ccc(-c2ccc(F)cc2)o1. The first-order chi connectivity index (χ1) is 10.1. The molecule has 0 saturated heterocycles. The Morgan fingerprint density at radius 2 is 2.00 bits per heavy atom. The topological polar surface area (TPSA) is 62.5 Å². The Hall–Kier alpha value is -2.14. The summed E-state index contributed by atoms with van der Waals surface area (Å²) in [6.45, 7) is 1.98. The summed E-state index contributed by atoms with van der Waals surface area (Å²) in [5.41, 5.74) is 0.712. The molecule has 1 aromatic heterocycles. The molecule has 1 amide bonds. The van der Waals surface area contributed by atoms with Gasteiger partial charge in [0.25, 0.3) is 5.91 Å². The number of amides is 1. The Labute approximate surface area is 122 Å². The minimum absolute atomic E-state index is 0.0379. The quantitative estimate of drug-likeness (QED) is 0.860. The molecule has 0 spiro atoms. The number of halogens is 1. The zero-order chi connectivity index (χ0) is 15.2. The summed E-state index contributed by atoms with van der Waals surface area (Å²) in [6.07, 6.45) is 1.34. The summed E-state index contributed by atoms with van der Waals surface area (Å²) in [4.78, 5) is 12.0. The van der Waals surface area contributed by atoms with E-state index in [9.17, 15) is 9.18 Å². The number of benzene rings is 1. The van der Waals surface area contributed by atoms with Crippen LogP contribution < -0.4 is 5.32 Å². The lowest BCUT2D eigenvalue weighted by molar-refractivity contribution is 0.0909. The number of rotatable bonds is 6. The van der Waals surface area contributed by atoms with E-state index in [1.165, 1.54) is 12.1 Å². The Morgan fingerprint density at radius 3 is 2.67 bits per heavy atom. The van der Waals surface area contributed by atoms with Crippen LogP contribution in [-0.4, -0.2) is 23.7 Å². The molecule has 112 valence electrons. The molecule has 1 heterocycles. The molecule has 0 bridgehead atoms. The maximum atomic E-state index is 12.9. The van der Waals surface area contributed by atoms with Gasteiger partial charge in [0.2, 0.25) is 0 Å². The molecule has 0 aliphatic heterocycles. The van der Waals surface area contributed by atoms with Crippen LogP contribution in [0.2, 0.25) is 0 Å². The molecule has 1 aromatic carbocycles. The van der Waals surface area contributed by atoms with Crippen LogP contribution in [0.15, 0.2) is 40.8 Å². The van der Waals surface area contributed by atoms with Crippen molar-refractivity contribution in [1.29, 1.82) is 0 Å². The van der Waals surface area contributed by atoms with Crippen molar-refractivity contribution in [3.63, 3.8) is 0 Å². The number of aliphatic hydroxyl groups excluding tert-OH is 1. The zero-order valence-corrected chi connectivity index (χ0v) is 11.8. The second-order valence-electron chi connectivity index (χ2n) is 4.91. The van der Waals surface area contributed by atoms with Gasteiger partial charge in [-0.3, -0.25) is 4.79 Å². The minimum Gasteiger partial charge on any atom is -0.451 e. The second-order valence-corrected chi connectivity index (χ2v) is 4.91. The van der Waals surface area contributed by atoms with Gasteiger partial charge in [-0.25, -0.2) is 4.39 Å². The standard InChI is InChI=1S/C16H18FNO3/c1-11(3-2-10-19)18-16(20)15-9-8-14(21-15)12-4-6-13(17)7-5-12/h4-9,11,19H,2-3,10H2,1H3,(H,18,20). The predicted molar refractivity (Wildman–Crippen MR) is 77.4 cm³/mol. The van der Waals surface area contributed by atoms with E-state index in [0.29, 0.717) is 24.2 Å². The Kier molecular flexibility index (Phi) is 5.11. The molecule has 2 aromatic rings. The number of hydrogen-bond donors (Lipinski definition) is 2. The molecular weight excluding hydrogens is 273 g/mol. The van der Waals surface area contributed by atoms with Crippen molar-refractivity contribution in [1.82, 2.24) is 5.32 Å². The highest BCUT2D eigenvalue weighted by atomic mass is 19.1. The van der Waals surface area contributed by atoms with Crippen molar-refractivity contribution in [3.8, 4) is 11.3 Å². The third-order valence-corrected chi connectivity index (χ3v) is 3.13. The Balaban J connectivity index is 2.02. The monoisotopic (exact) mass is 291 g/mol. The van der Waals surface area contributed by atoms with Crippen LogP contribution in [0.1, 0.15) is 30.3 Å². The van der Waals surface area contributed by atoms with E-state index in [4.69, 9.17) is 9.52 Å². The third-order valence-electron chi connectivity index (χ3n) is 3.13. The average Bonchev–Trinajstić information content (AvgIpc) is 2.96. The van der Waals surface area contributed by atoms with Gasteiger partial charge in [0.1, 0.15) is 11.6 Å². The van der Waals surface area contributed by atoms with Crippen LogP contribution in [0.25, 0.3) is 11.3 Å². The maximum Gasteiger partial charge on any atom is 0.287 e. The first-order valence-electron chi connectivity index (χ1n) is 6.87. The van der Waals surface area contributed by atoms with Gasteiger partial charge in [-0.1, -0.05) is 0 Å². The number of carbonyl (C=O) groups excluding carboxylic acids is 1. The van der Waals surface area contributed by atoms with E-state index < -0.39 is 0 Å². The van der Waals surface area contributed by atoms with Gasteiger partial charge in [-0.15, -0.1) is 0 Å². The van der Waals surface area contributed by atoms with Gasteiger partial charge >= 0.3 is 0 Å². The van der Waals surface area contributed by atoms with E-state index >= 15 is 0 Å². The van der Waals surface area contributed by atoms with E-state index in [-0.39, 0.29) is 30.1 Å². The van der Waals surface area contributed by atoms with Crippen LogP contribution in [0.4, 0.5) is 4.39 Å². The fourth-order valence-electron chi connectivity index (χ4n) is 1.99. The van der Waals surface area contributed by atoms with Gasteiger partial charge < -0.3 is 14.8 Å². The van der Waals surface area contributed by atoms with Crippen molar-refractivity contribution in [3.05, 3.63) is 48.0 Å². The summed E-state index contributed by atoms with van der Waals surface area (Å²) < 4.78 is 18.4. The summed E-state index contributed by atoms with van der Waals surface area (Å²) in [7, 11) is 0. The molecule has 0 aliphatic carbocycles. The molecule has 0 saturated carbocycles. The average molecular weight is 291 g/mol. The first-order valence-corrected chi connectivity index (χ1v) is 6.87. The molecule has 0 aliphatic rings. The van der Waals surface area contributed by atoms with E-state index in [0.717, 1.165) is 0 Å². The Morgan fingerprint density at radius 1 is 1.29 bits per heavy atom. The van der Waals surface area contributed by atoms with Crippen molar-refractivity contribution in [2.75, 3.05) is 6.61 Å². The maximum absolute atomic E-state index is 12.9. The van der Waals surface area contributed by atoms with Gasteiger partial charge in [0, 0.05) is 18.2 Å². The molecule has 0 fully saturated rings. The molecule has 1 unspecified atom stereocenters. The van der Waals surface area contributed by atoms with Crippen molar-refractivity contribution < 1.29 is 18.7 Å². The van der Waals surface area contributed by atoms with Crippen molar-refractivity contribution >= 4 is 5.91 Å². The van der Waals surface area contributed by atoms with Gasteiger partial charge in [-0.2, -0.15) is 0 Å². The lowest BCUT2D eigenvalue weighted by atomic mass is 10.2. The molecule has 2 rings (SSSR count). The predicted octanol–water partition coefficient (Wildman–Crippen LogP) is 2.98. The van der Waals surface area contributed by atoms with Crippen LogP contribution in [0.3, 0.4) is 0 Å². The molecule has 0 radical (unpaired) electrons. The summed E-state index contributed by atoms with van der Waals surface area (Å²) in [6, 6.07) is 9.11.